The maximum absolute atomic E-state index is 12.1. The van der Waals surface area contributed by atoms with Crippen molar-refractivity contribution in [3.8, 4) is 45.2 Å². The number of para-hydroxylation sites is 1. The summed E-state index contributed by atoms with van der Waals surface area (Å²) in [4.78, 5) is 10.5. The normalized spacial score (nSPS) is 13.5. The molecule has 2 heterocycles. The topological polar surface area (TPSA) is 50.9 Å². The quantitative estimate of drug-likeness (QED) is 0.197. The summed E-state index contributed by atoms with van der Waals surface area (Å²) in [6.07, 6.45) is 1.90. The molecule has 0 aliphatic heterocycles. The van der Waals surface area contributed by atoms with Crippen LogP contribution in [-0.4, -0.2) is 19.6 Å². The van der Waals surface area contributed by atoms with Gasteiger partial charge in [0.15, 0.2) is 0 Å². The van der Waals surface area contributed by atoms with Gasteiger partial charge in [0.1, 0.15) is 11.6 Å². The lowest BCUT2D eigenvalue weighted by Crippen LogP contribution is -2.29. The zero-order chi connectivity index (χ0) is 36.4. The fourth-order valence-electron chi connectivity index (χ4n) is 8.11. The first-order valence-corrected chi connectivity index (χ1v) is 18.2. The number of hydrogen-bond donors (Lipinski definition) is 1. The van der Waals surface area contributed by atoms with Crippen LogP contribution in [0, 0.1) is 6.92 Å². The number of fused-ring (bicyclic) bond motifs is 3. The molecule has 0 fully saturated rings. The van der Waals surface area contributed by atoms with Crippen molar-refractivity contribution in [1.82, 2.24) is 14.5 Å². The number of benzene rings is 5. The molecule has 1 aliphatic rings. The van der Waals surface area contributed by atoms with Crippen LogP contribution in [0.15, 0.2) is 140 Å². The third-order valence-electron chi connectivity index (χ3n) is 10.7. The van der Waals surface area contributed by atoms with Gasteiger partial charge in [-0.1, -0.05) is 139 Å². The molecule has 0 unspecified atom stereocenters. The van der Waals surface area contributed by atoms with Gasteiger partial charge in [-0.15, -0.1) is 0 Å². The minimum atomic E-state index is -0.621. The first kappa shape index (κ1) is 33.4. The molecule has 5 aromatic carbocycles. The molecule has 7 aromatic rings. The third-order valence-corrected chi connectivity index (χ3v) is 10.7. The largest absolute Gasteiger partial charge is 0.507 e. The van der Waals surface area contributed by atoms with Gasteiger partial charge >= 0.3 is 0 Å². The third kappa shape index (κ3) is 5.20. The Morgan fingerprint density at radius 3 is 1.87 bits per heavy atom. The Morgan fingerprint density at radius 2 is 1.25 bits per heavy atom. The standard InChI is InChI=1S/C48H45N3O/c1-31-43(50-45(51(31)35-20-9-8-10-21-35)38-29-34(46(2,3)4)30-41(44(38)52)47(5,6)7)32-18-17-19-33(28-32)48(42-26-15-16-27-49-42)39-24-13-11-22-36(39)37-23-12-14-25-40(37)48/h8-30,52H,1-7H3. The van der Waals surface area contributed by atoms with Crippen molar-refractivity contribution in [2.75, 3.05) is 0 Å². The summed E-state index contributed by atoms with van der Waals surface area (Å²) in [6, 6.07) is 47.2. The first-order chi connectivity index (χ1) is 24.9. The molecule has 52 heavy (non-hydrogen) atoms. The molecule has 8 rings (SSSR count). The number of aromatic hydroxyl groups is 1. The minimum Gasteiger partial charge on any atom is -0.507 e. The van der Waals surface area contributed by atoms with E-state index in [9.17, 15) is 5.11 Å². The van der Waals surface area contributed by atoms with Crippen molar-refractivity contribution in [2.45, 2.75) is 64.7 Å². The predicted molar refractivity (Wildman–Crippen MR) is 213 cm³/mol. The molecule has 0 bridgehead atoms. The van der Waals surface area contributed by atoms with Gasteiger partial charge in [-0.25, -0.2) is 4.98 Å². The van der Waals surface area contributed by atoms with E-state index in [1.54, 1.807) is 0 Å². The Labute approximate surface area is 307 Å². The highest BCUT2D eigenvalue weighted by Crippen LogP contribution is 2.56. The fourth-order valence-corrected chi connectivity index (χ4v) is 8.11. The maximum atomic E-state index is 12.1. The second-order valence-electron chi connectivity index (χ2n) is 16.1. The number of phenols is 1. The van der Waals surface area contributed by atoms with Crippen molar-refractivity contribution in [1.29, 1.82) is 0 Å². The molecule has 4 heteroatoms. The van der Waals surface area contributed by atoms with Gasteiger partial charge in [0, 0.05) is 28.7 Å². The van der Waals surface area contributed by atoms with Crippen LogP contribution in [-0.2, 0) is 16.2 Å². The van der Waals surface area contributed by atoms with Crippen LogP contribution in [0.3, 0.4) is 0 Å². The van der Waals surface area contributed by atoms with Crippen molar-refractivity contribution in [3.63, 3.8) is 0 Å². The summed E-state index contributed by atoms with van der Waals surface area (Å²) < 4.78 is 2.20. The van der Waals surface area contributed by atoms with Crippen LogP contribution in [0.5, 0.6) is 5.75 Å². The molecule has 0 spiro atoms. The lowest BCUT2D eigenvalue weighted by Gasteiger charge is -2.32. The smallest absolute Gasteiger partial charge is 0.149 e. The molecule has 2 aromatic heterocycles. The van der Waals surface area contributed by atoms with Gasteiger partial charge in [0.05, 0.1) is 22.4 Å². The van der Waals surface area contributed by atoms with Gasteiger partial charge in [-0.2, -0.15) is 0 Å². The zero-order valence-electron chi connectivity index (χ0n) is 31.1. The first-order valence-electron chi connectivity index (χ1n) is 18.2. The molecular weight excluding hydrogens is 635 g/mol. The number of hydrogen-bond acceptors (Lipinski definition) is 3. The number of rotatable bonds is 5. The number of aromatic nitrogens is 3. The van der Waals surface area contributed by atoms with E-state index in [-0.39, 0.29) is 16.6 Å². The highest BCUT2D eigenvalue weighted by atomic mass is 16.3. The molecule has 4 nitrogen and oxygen atoms in total. The van der Waals surface area contributed by atoms with E-state index in [0.29, 0.717) is 5.82 Å². The van der Waals surface area contributed by atoms with Gasteiger partial charge in [0.25, 0.3) is 0 Å². The highest BCUT2D eigenvalue weighted by Gasteiger charge is 2.47. The molecule has 0 amide bonds. The maximum Gasteiger partial charge on any atom is 0.149 e. The van der Waals surface area contributed by atoms with E-state index >= 15 is 0 Å². The second-order valence-corrected chi connectivity index (χ2v) is 16.1. The Balaban J connectivity index is 1.41. The Morgan fingerprint density at radius 1 is 0.615 bits per heavy atom. The average Bonchev–Trinajstić information content (AvgIpc) is 3.64. The summed E-state index contributed by atoms with van der Waals surface area (Å²) in [7, 11) is 0. The summed E-state index contributed by atoms with van der Waals surface area (Å²) in [5.41, 5.74) is 12.6. The van der Waals surface area contributed by atoms with Crippen LogP contribution < -0.4 is 0 Å². The molecular formula is C48H45N3O. The summed E-state index contributed by atoms with van der Waals surface area (Å²) >= 11 is 0. The summed E-state index contributed by atoms with van der Waals surface area (Å²) in [5, 5.41) is 12.1. The summed E-state index contributed by atoms with van der Waals surface area (Å²) in [6.45, 7) is 15.3. The van der Waals surface area contributed by atoms with Gasteiger partial charge in [0.2, 0.25) is 0 Å². The van der Waals surface area contributed by atoms with Crippen LogP contribution in [0.4, 0.5) is 0 Å². The van der Waals surface area contributed by atoms with E-state index in [2.05, 4.69) is 174 Å². The van der Waals surface area contributed by atoms with E-state index in [0.717, 1.165) is 50.6 Å². The zero-order valence-corrected chi connectivity index (χ0v) is 31.1. The van der Waals surface area contributed by atoms with Crippen LogP contribution in [0.2, 0.25) is 0 Å². The lowest BCUT2D eigenvalue weighted by atomic mass is 9.69. The Kier molecular flexibility index (Phi) is 7.84. The van der Waals surface area contributed by atoms with E-state index in [4.69, 9.17) is 9.97 Å². The SMILES string of the molecule is Cc1c(-c2cccc(C3(c4ccccn4)c4ccccc4-c4ccccc43)c2)nc(-c2cc(C(C)(C)C)cc(C(C)(C)C)c2O)n1-c1ccccc1. The highest BCUT2D eigenvalue weighted by molar-refractivity contribution is 5.86. The monoisotopic (exact) mass is 679 g/mol. The van der Waals surface area contributed by atoms with Crippen LogP contribution in [0.1, 0.15) is 80.7 Å². The van der Waals surface area contributed by atoms with Crippen molar-refractivity contribution < 1.29 is 5.11 Å². The number of pyridine rings is 1. The van der Waals surface area contributed by atoms with E-state index in [1.807, 2.05) is 18.3 Å². The van der Waals surface area contributed by atoms with Crippen molar-refractivity contribution in [2.24, 2.45) is 0 Å². The summed E-state index contributed by atoms with van der Waals surface area (Å²) in [5.74, 6) is 0.991. The molecule has 0 radical (unpaired) electrons. The Hall–Kier alpha value is -5.74. The second kappa shape index (κ2) is 12.2. The Bertz CT molecular complexity index is 2400. The van der Waals surface area contributed by atoms with Crippen molar-refractivity contribution >= 4 is 0 Å². The molecule has 0 saturated heterocycles. The van der Waals surface area contributed by atoms with Crippen molar-refractivity contribution in [3.05, 3.63) is 179 Å². The molecule has 258 valence electrons. The molecule has 1 aliphatic carbocycles. The van der Waals surface area contributed by atoms with E-state index < -0.39 is 5.41 Å². The van der Waals surface area contributed by atoms with Gasteiger partial charge in [-0.05, 0) is 87.5 Å². The molecule has 0 saturated carbocycles. The lowest BCUT2D eigenvalue weighted by molar-refractivity contribution is 0.446. The molecule has 0 atom stereocenters. The van der Waals surface area contributed by atoms with Gasteiger partial charge < -0.3 is 5.11 Å². The molecule has 1 N–H and O–H groups in total. The predicted octanol–water partition coefficient (Wildman–Crippen LogP) is 11.6. The van der Waals surface area contributed by atoms with Crippen LogP contribution in [0.25, 0.3) is 39.5 Å². The van der Waals surface area contributed by atoms with Gasteiger partial charge in [-0.3, -0.25) is 9.55 Å². The number of imidazole rings is 1. The number of nitrogens with zero attached hydrogens (tertiary/aromatic N) is 3. The minimum absolute atomic E-state index is 0.132. The van der Waals surface area contributed by atoms with Crippen LogP contribution >= 0.6 is 0 Å². The number of phenolic OH excluding ortho intramolecular Hbond substituents is 1. The fraction of sp³-hybridized carbons (Fsp3) is 0.208. The average molecular weight is 680 g/mol. The van der Waals surface area contributed by atoms with E-state index in [1.165, 1.54) is 22.3 Å².